The highest BCUT2D eigenvalue weighted by atomic mass is 16.8. The summed E-state index contributed by atoms with van der Waals surface area (Å²) in [5.41, 5.74) is 0. The fourth-order valence-electron chi connectivity index (χ4n) is 13.8. The largest absolute Gasteiger partial charge is 0.394 e. The third-order valence-electron chi connectivity index (χ3n) is 20.5. The molecule has 19 nitrogen and oxygen atoms in total. The zero-order valence-corrected chi connectivity index (χ0v) is 64.3. The number of hydrogen-bond donors (Lipinski definition) is 12. The van der Waals surface area contributed by atoms with E-state index in [0.29, 0.717) is 12.8 Å². The topological polar surface area (TPSA) is 307 Å². The summed E-state index contributed by atoms with van der Waals surface area (Å²) in [5.74, 6) is -0.286. The van der Waals surface area contributed by atoms with Gasteiger partial charge >= 0.3 is 0 Å². The molecule has 0 aliphatic carbocycles. The second-order valence-electron chi connectivity index (χ2n) is 29.6. The average molecular weight is 1460 g/mol. The van der Waals surface area contributed by atoms with Gasteiger partial charge < -0.3 is 89.9 Å². The first kappa shape index (κ1) is 94.4. The van der Waals surface area contributed by atoms with Crippen LogP contribution in [0.4, 0.5) is 0 Å². The van der Waals surface area contributed by atoms with Crippen molar-refractivity contribution < 1.29 is 89.4 Å². The Morgan fingerprint density at radius 1 is 0.350 bits per heavy atom. The molecule has 0 saturated carbocycles. The summed E-state index contributed by atoms with van der Waals surface area (Å²) in [6.45, 7) is 1.73. The Kier molecular flexibility index (Phi) is 58.8. The number of hydrogen-bond acceptors (Lipinski definition) is 18. The predicted octanol–water partition coefficient (Wildman–Crippen LogP) is 14.4. The molecule has 12 N–H and O–H groups in total. The van der Waals surface area contributed by atoms with E-state index in [2.05, 4.69) is 79.9 Å². The zero-order valence-electron chi connectivity index (χ0n) is 64.3. The number of ether oxygens (including phenoxy) is 6. The number of allylic oxidation sites excluding steroid dienone is 11. The molecule has 17 unspecified atom stereocenters. The monoisotopic (exact) mass is 1460 g/mol. The first-order valence-electron chi connectivity index (χ1n) is 41.7. The van der Waals surface area contributed by atoms with Crippen molar-refractivity contribution >= 4 is 5.91 Å². The molecule has 0 bridgehead atoms. The summed E-state index contributed by atoms with van der Waals surface area (Å²) in [4.78, 5) is 13.5. The quantitative estimate of drug-likeness (QED) is 0.0199. The summed E-state index contributed by atoms with van der Waals surface area (Å²) in [7, 11) is 0. The molecule has 17 atom stereocenters. The lowest BCUT2D eigenvalue weighted by Gasteiger charge is -2.48. The van der Waals surface area contributed by atoms with Gasteiger partial charge in [0.1, 0.15) is 73.2 Å². The average Bonchev–Trinajstić information content (AvgIpc) is 0.781. The highest BCUT2D eigenvalue weighted by Crippen LogP contribution is 2.33. The van der Waals surface area contributed by atoms with Crippen LogP contribution in [-0.4, -0.2) is 193 Å². The highest BCUT2D eigenvalue weighted by Gasteiger charge is 2.54. The Bertz CT molecular complexity index is 2140. The fourth-order valence-corrected chi connectivity index (χ4v) is 13.8. The van der Waals surface area contributed by atoms with E-state index in [4.69, 9.17) is 28.4 Å². The fraction of sp³-hybridized carbons (Fsp3) is 0.845. The van der Waals surface area contributed by atoms with E-state index in [1.54, 1.807) is 6.08 Å². The van der Waals surface area contributed by atoms with E-state index in [-0.39, 0.29) is 18.9 Å². The van der Waals surface area contributed by atoms with Crippen molar-refractivity contribution in [3.63, 3.8) is 0 Å². The van der Waals surface area contributed by atoms with Gasteiger partial charge in [-0.1, -0.05) is 305 Å². The molecule has 3 aliphatic rings. The maximum atomic E-state index is 13.5. The number of nitrogens with one attached hydrogen (secondary N) is 1. The third kappa shape index (κ3) is 43.9. The number of carbonyl (C=O) groups excluding carboxylic acids is 1. The molecule has 3 fully saturated rings. The molecule has 3 saturated heterocycles. The Labute approximate surface area is 623 Å². The lowest BCUT2D eigenvalue weighted by atomic mass is 9.96. The molecule has 0 aromatic heterocycles. The number of aliphatic hydroxyl groups excluding tert-OH is 11. The van der Waals surface area contributed by atoms with Gasteiger partial charge in [-0.3, -0.25) is 4.79 Å². The lowest BCUT2D eigenvalue weighted by molar-refractivity contribution is -0.379. The van der Waals surface area contributed by atoms with Gasteiger partial charge in [-0.25, -0.2) is 0 Å². The van der Waals surface area contributed by atoms with Crippen LogP contribution in [0.5, 0.6) is 0 Å². The van der Waals surface area contributed by atoms with Gasteiger partial charge in [-0.15, -0.1) is 0 Å². The van der Waals surface area contributed by atoms with Gasteiger partial charge in [-0.05, 0) is 83.5 Å². The molecule has 3 aliphatic heterocycles. The molecular formula is C84H151NO18. The Hall–Kier alpha value is -2.77. The van der Waals surface area contributed by atoms with Crippen molar-refractivity contribution in [3.8, 4) is 0 Å². The maximum Gasteiger partial charge on any atom is 0.220 e. The Morgan fingerprint density at radius 2 is 0.650 bits per heavy atom. The van der Waals surface area contributed by atoms with Crippen molar-refractivity contribution in [2.24, 2.45) is 0 Å². The molecule has 1 amide bonds. The molecule has 103 heavy (non-hydrogen) atoms. The number of unbranched alkanes of at least 4 members (excludes halogenated alkanes) is 40. The molecule has 0 spiro atoms. The molecular weight excluding hydrogens is 1310 g/mol. The first-order chi connectivity index (χ1) is 50.3. The number of carbonyl (C=O) groups is 1. The molecule has 0 radical (unpaired) electrons. The van der Waals surface area contributed by atoms with Crippen molar-refractivity contribution in [2.45, 2.75) is 426 Å². The van der Waals surface area contributed by atoms with Crippen molar-refractivity contribution in [2.75, 3.05) is 26.4 Å². The molecule has 19 heteroatoms. The van der Waals surface area contributed by atoms with Crippen molar-refractivity contribution in [1.29, 1.82) is 0 Å². The van der Waals surface area contributed by atoms with Gasteiger partial charge in [-0.2, -0.15) is 0 Å². The SMILES string of the molecule is CCCCCCC/C=C\C/C=C\C/C=C\CCCCCCCCCCCCCCCCCCCCCCCCC(=O)NC(COC1OC(CO)C(OC2OC(CO)C(OC3OC(CO)C(O)C(O)C3O)C(O)C2O)C(O)C1O)C(O)/C=C/CC/C=C/CC/C=C/CCCCCCCCCCCCC. The number of rotatable bonds is 66. The normalized spacial score (nSPS) is 26.4. The highest BCUT2D eigenvalue weighted by molar-refractivity contribution is 5.76. The zero-order chi connectivity index (χ0) is 74.6. The van der Waals surface area contributed by atoms with Gasteiger partial charge in [0.25, 0.3) is 0 Å². The first-order valence-corrected chi connectivity index (χ1v) is 41.7. The summed E-state index contributed by atoms with van der Waals surface area (Å²) in [5, 5.41) is 121. The van der Waals surface area contributed by atoms with Gasteiger partial charge in [0, 0.05) is 6.42 Å². The van der Waals surface area contributed by atoms with Crippen molar-refractivity contribution in [1.82, 2.24) is 5.32 Å². The van der Waals surface area contributed by atoms with Gasteiger partial charge in [0.2, 0.25) is 5.91 Å². The van der Waals surface area contributed by atoms with Crippen LogP contribution >= 0.6 is 0 Å². The van der Waals surface area contributed by atoms with E-state index < -0.39 is 124 Å². The van der Waals surface area contributed by atoms with Gasteiger partial charge in [0.15, 0.2) is 18.9 Å². The standard InChI is InChI=1S/C84H151NO18/c1-3-5-7-9-11-13-15-17-19-21-23-25-26-27-28-29-30-31-32-33-34-35-36-37-38-39-40-42-44-46-48-50-52-54-56-58-60-62-72(90)85-67(68(89)61-59-57-55-53-51-49-47-45-43-41-24-22-20-18-16-14-12-10-8-6-4-2)66-98-82-78(96)75(93)80(70(64-87)100-82)103-84-79(97)76(94)81(71(65-88)101-84)102-83-77(95)74(92)73(91)69(63-86)99-83/h15,17,21,23,26-27,43,45,51,53,59,61,67-71,73-84,86-89,91-97H,3-14,16,18-20,22,24-25,28-42,44,46-50,52,54-58,60,62-66H2,1-2H3,(H,85,90)/b17-15-,23-21-,27-26-,45-43+,53-51+,61-59+. The minimum absolute atomic E-state index is 0.233. The molecule has 3 rings (SSSR count). The maximum absolute atomic E-state index is 13.5. The Balaban J connectivity index is 1.34. The van der Waals surface area contributed by atoms with Crippen molar-refractivity contribution in [3.05, 3.63) is 72.9 Å². The van der Waals surface area contributed by atoms with E-state index in [9.17, 15) is 61.0 Å². The smallest absolute Gasteiger partial charge is 0.220 e. The van der Waals surface area contributed by atoms with Crippen LogP contribution in [-0.2, 0) is 33.2 Å². The molecule has 0 aromatic carbocycles. The molecule has 0 aromatic rings. The van der Waals surface area contributed by atoms with E-state index in [1.165, 1.54) is 231 Å². The number of aliphatic hydroxyl groups is 11. The second kappa shape index (κ2) is 64.1. The van der Waals surface area contributed by atoms with Crippen LogP contribution in [0, 0.1) is 0 Å². The molecule has 3 heterocycles. The van der Waals surface area contributed by atoms with Crippen LogP contribution < -0.4 is 5.32 Å². The minimum atomic E-state index is -1.98. The van der Waals surface area contributed by atoms with Crippen LogP contribution in [0.2, 0.25) is 0 Å². The lowest BCUT2D eigenvalue weighted by Crippen LogP contribution is -2.66. The van der Waals surface area contributed by atoms with Crippen LogP contribution in [0.3, 0.4) is 0 Å². The van der Waals surface area contributed by atoms with E-state index in [0.717, 1.165) is 57.8 Å². The summed E-state index contributed by atoms with van der Waals surface area (Å²) in [6, 6.07) is -0.999. The van der Waals surface area contributed by atoms with E-state index >= 15 is 0 Å². The van der Waals surface area contributed by atoms with E-state index in [1.807, 2.05) is 6.08 Å². The second-order valence-corrected chi connectivity index (χ2v) is 29.6. The third-order valence-corrected chi connectivity index (χ3v) is 20.5. The summed E-state index contributed by atoms with van der Waals surface area (Å²) < 4.78 is 34.4. The Morgan fingerprint density at radius 3 is 1.04 bits per heavy atom. The van der Waals surface area contributed by atoms with Crippen LogP contribution in [0.1, 0.15) is 322 Å². The summed E-state index contributed by atoms with van der Waals surface area (Å²) in [6.07, 6.45) is 57.6. The summed E-state index contributed by atoms with van der Waals surface area (Å²) >= 11 is 0. The molecule has 600 valence electrons. The minimum Gasteiger partial charge on any atom is -0.394 e. The van der Waals surface area contributed by atoms with Crippen LogP contribution in [0.25, 0.3) is 0 Å². The van der Waals surface area contributed by atoms with Crippen LogP contribution in [0.15, 0.2) is 72.9 Å². The van der Waals surface area contributed by atoms with Gasteiger partial charge in [0.05, 0.1) is 38.6 Å². The number of amides is 1. The predicted molar refractivity (Wildman–Crippen MR) is 411 cm³/mol.